The Bertz CT molecular complexity index is 809. The van der Waals surface area contributed by atoms with Crippen LogP contribution in [-0.2, 0) is 6.18 Å². The van der Waals surface area contributed by atoms with Crippen molar-refractivity contribution in [2.75, 3.05) is 0 Å². The molecule has 0 amide bonds. The molecule has 3 aromatic rings. The molecule has 3 rings (SSSR count). The van der Waals surface area contributed by atoms with E-state index < -0.39 is 11.7 Å². The van der Waals surface area contributed by atoms with Crippen LogP contribution in [0.15, 0.2) is 47.2 Å². The van der Waals surface area contributed by atoms with Crippen molar-refractivity contribution in [2.45, 2.75) is 6.18 Å². The van der Waals surface area contributed by atoms with Crippen molar-refractivity contribution in [1.29, 1.82) is 0 Å². The Labute approximate surface area is 131 Å². The summed E-state index contributed by atoms with van der Waals surface area (Å²) in [5.41, 5.74) is 0.845. The maximum Gasteiger partial charge on any atom is 0.417 e. The second-order valence-electron chi connectivity index (χ2n) is 4.44. The van der Waals surface area contributed by atoms with Crippen LogP contribution >= 0.6 is 27.5 Å². The molecule has 0 N–H and O–H groups in total. The zero-order valence-corrected chi connectivity index (χ0v) is 12.7. The first-order chi connectivity index (χ1) is 9.84. The molecule has 0 unspecified atom stereocenters. The maximum atomic E-state index is 12.8. The Morgan fingerprint density at radius 3 is 2.38 bits per heavy atom. The monoisotopic (exact) mass is 374 g/mol. The van der Waals surface area contributed by atoms with Crippen LogP contribution in [0.5, 0.6) is 0 Å². The molecule has 7 heteroatoms. The van der Waals surface area contributed by atoms with Crippen LogP contribution in [0.3, 0.4) is 0 Å². The second kappa shape index (κ2) is 5.03. The molecule has 0 aliphatic rings. The van der Waals surface area contributed by atoms with Gasteiger partial charge in [-0.05, 0) is 18.2 Å². The number of hydrogen-bond donors (Lipinski definition) is 0. The molecule has 0 saturated carbocycles. The molecule has 0 radical (unpaired) electrons. The molecule has 1 aromatic carbocycles. The highest BCUT2D eigenvalue weighted by molar-refractivity contribution is 9.10. The largest absolute Gasteiger partial charge is 0.417 e. The summed E-state index contributed by atoms with van der Waals surface area (Å²) < 4.78 is 40.5. The van der Waals surface area contributed by atoms with Gasteiger partial charge in [-0.1, -0.05) is 39.7 Å². The normalized spacial score (nSPS) is 12.0. The molecule has 0 atom stereocenters. The van der Waals surface area contributed by atoms with Crippen molar-refractivity contribution in [3.8, 4) is 11.3 Å². The number of aromatic nitrogens is 2. The quantitative estimate of drug-likeness (QED) is 0.554. The average molecular weight is 376 g/mol. The summed E-state index contributed by atoms with van der Waals surface area (Å²) in [5, 5.41) is -0.0341. The molecule has 0 aliphatic carbocycles. The molecule has 0 aliphatic heterocycles. The number of benzene rings is 1. The van der Waals surface area contributed by atoms with Crippen molar-refractivity contribution in [3.63, 3.8) is 0 Å². The number of nitrogens with zero attached hydrogens (tertiary/aromatic N) is 2. The zero-order valence-electron chi connectivity index (χ0n) is 10.3. The van der Waals surface area contributed by atoms with Crippen molar-refractivity contribution in [3.05, 3.63) is 57.8 Å². The number of rotatable bonds is 1. The van der Waals surface area contributed by atoms with Gasteiger partial charge in [-0.3, -0.25) is 0 Å². The van der Waals surface area contributed by atoms with E-state index in [-0.39, 0.29) is 5.02 Å². The van der Waals surface area contributed by atoms with Gasteiger partial charge >= 0.3 is 6.18 Å². The molecule has 0 spiro atoms. The van der Waals surface area contributed by atoms with Gasteiger partial charge in [0.25, 0.3) is 0 Å². The molecule has 0 bridgehead atoms. The molecule has 2 nitrogen and oxygen atoms in total. The number of imidazole rings is 1. The number of fused-ring (bicyclic) bond motifs is 1. The summed E-state index contributed by atoms with van der Waals surface area (Å²) in [6, 6.07) is 8.20. The Morgan fingerprint density at radius 1 is 1.10 bits per heavy atom. The number of halogens is 5. The van der Waals surface area contributed by atoms with Crippen LogP contribution in [0.4, 0.5) is 13.2 Å². The third kappa shape index (κ3) is 2.78. The van der Waals surface area contributed by atoms with Gasteiger partial charge in [0.05, 0.1) is 16.3 Å². The van der Waals surface area contributed by atoms with Crippen molar-refractivity contribution in [2.24, 2.45) is 0 Å². The fraction of sp³-hybridized carbons (Fsp3) is 0.0714. The highest BCUT2D eigenvalue weighted by atomic mass is 79.9. The zero-order chi connectivity index (χ0) is 15.2. The lowest BCUT2D eigenvalue weighted by Crippen LogP contribution is -2.06. The molecular formula is C14H7BrClF3N2. The van der Waals surface area contributed by atoms with Crippen molar-refractivity contribution < 1.29 is 13.2 Å². The van der Waals surface area contributed by atoms with Gasteiger partial charge in [-0.25, -0.2) is 4.98 Å². The lowest BCUT2D eigenvalue weighted by atomic mass is 10.2. The van der Waals surface area contributed by atoms with E-state index in [1.807, 2.05) is 24.3 Å². The van der Waals surface area contributed by atoms with Gasteiger partial charge in [0.15, 0.2) is 5.65 Å². The Hall–Kier alpha value is -1.53. The standard InChI is InChI=1S/C14H7BrClF3N2/c15-10-3-1-8(2-4-10)12-7-21-6-9(14(17,18)19)5-11(16)13(21)20-12/h1-7H. The van der Waals surface area contributed by atoms with Gasteiger partial charge in [0.2, 0.25) is 0 Å². The van der Waals surface area contributed by atoms with E-state index in [1.54, 1.807) is 0 Å². The van der Waals surface area contributed by atoms with E-state index in [0.717, 1.165) is 22.3 Å². The summed E-state index contributed by atoms with van der Waals surface area (Å²) >= 11 is 9.23. The Morgan fingerprint density at radius 2 is 1.76 bits per heavy atom. The highest BCUT2D eigenvalue weighted by Crippen LogP contribution is 2.33. The first kappa shape index (κ1) is 14.4. The summed E-state index contributed by atoms with van der Waals surface area (Å²) in [6.45, 7) is 0. The molecule has 2 heterocycles. The molecule has 21 heavy (non-hydrogen) atoms. The van der Waals surface area contributed by atoms with Crippen LogP contribution in [0, 0.1) is 0 Å². The molecule has 108 valence electrons. The number of hydrogen-bond acceptors (Lipinski definition) is 1. The van der Waals surface area contributed by atoms with Gasteiger partial charge in [0, 0.05) is 22.4 Å². The van der Waals surface area contributed by atoms with E-state index in [9.17, 15) is 13.2 Å². The van der Waals surface area contributed by atoms with Crippen LogP contribution in [0.2, 0.25) is 5.02 Å². The van der Waals surface area contributed by atoms with E-state index in [4.69, 9.17) is 11.6 Å². The lowest BCUT2D eigenvalue weighted by molar-refractivity contribution is -0.137. The fourth-order valence-corrected chi connectivity index (χ4v) is 2.49. The second-order valence-corrected chi connectivity index (χ2v) is 5.76. The van der Waals surface area contributed by atoms with Gasteiger partial charge in [-0.2, -0.15) is 13.2 Å². The highest BCUT2D eigenvalue weighted by Gasteiger charge is 2.31. The SMILES string of the molecule is FC(F)(F)c1cc(Cl)c2nc(-c3ccc(Br)cc3)cn2c1. The topological polar surface area (TPSA) is 17.3 Å². The number of pyridine rings is 1. The minimum absolute atomic E-state index is 0.0341. The predicted molar refractivity (Wildman–Crippen MR) is 78.3 cm³/mol. The first-order valence-electron chi connectivity index (χ1n) is 5.86. The minimum atomic E-state index is -4.44. The van der Waals surface area contributed by atoms with Crippen molar-refractivity contribution in [1.82, 2.24) is 9.38 Å². The van der Waals surface area contributed by atoms with Gasteiger partial charge in [-0.15, -0.1) is 0 Å². The van der Waals surface area contributed by atoms with Gasteiger partial charge in [0.1, 0.15) is 0 Å². The summed E-state index contributed by atoms with van der Waals surface area (Å²) in [4.78, 5) is 4.28. The Balaban J connectivity index is 2.16. The van der Waals surface area contributed by atoms with Crippen LogP contribution in [0.25, 0.3) is 16.9 Å². The van der Waals surface area contributed by atoms with E-state index >= 15 is 0 Å². The molecular weight excluding hydrogens is 369 g/mol. The fourth-order valence-electron chi connectivity index (χ4n) is 1.97. The lowest BCUT2D eigenvalue weighted by Gasteiger charge is -2.07. The summed E-state index contributed by atoms with van der Waals surface area (Å²) in [6.07, 6.45) is -1.93. The minimum Gasteiger partial charge on any atom is -0.305 e. The summed E-state index contributed by atoms with van der Waals surface area (Å²) in [7, 11) is 0. The number of alkyl halides is 3. The summed E-state index contributed by atoms with van der Waals surface area (Å²) in [5.74, 6) is 0. The average Bonchev–Trinajstić information content (AvgIpc) is 2.83. The molecule has 0 fully saturated rings. The Kier molecular flexibility index (Phi) is 3.45. The van der Waals surface area contributed by atoms with E-state index in [2.05, 4.69) is 20.9 Å². The molecule has 0 saturated heterocycles. The predicted octanol–water partition coefficient (Wildman–Crippen LogP) is 5.44. The van der Waals surface area contributed by atoms with Crippen LogP contribution in [0.1, 0.15) is 5.56 Å². The van der Waals surface area contributed by atoms with E-state index in [1.165, 1.54) is 10.6 Å². The van der Waals surface area contributed by atoms with Crippen molar-refractivity contribution >= 4 is 33.2 Å². The maximum absolute atomic E-state index is 12.8. The van der Waals surface area contributed by atoms with Crippen LogP contribution in [-0.4, -0.2) is 9.38 Å². The smallest absolute Gasteiger partial charge is 0.305 e. The first-order valence-corrected chi connectivity index (χ1v) is 7.03. The molecule has 2 aromatic heterocycles. The third-order valence-electron chi connectivity index (χ3n) is 2.97. The van der Waals surface area contributed by atoms with Gasteiger partial charge < -0.3 is 4.40 Å². The third-order valence-corrected chi connectivity index (χ3v) is 3.78. The van der Waals surface area contributed by atoms with Crippen LogP contribution < -0.4 is 0 Å². The van der Waals surface area contributed by atoms with E-state index in [0.29, 0.717) is 11.3 Å².